The number of pyridine rings is 1. The number of rotatable bonds is 3. The second-order valence-corrected chi connectivity index (χ2v) is 12.7. The van der Waals surface area contributed by atoms with E-state index in [4.69, 9.17) is 35.5 Å². The quantitative estimate of drug-likeness (QED) is 0.253. The fourth-order valence-electron chi connectivity index (χ4n) is 6.66. The number of nitrogens with one attached hydrogen (secondary N) is 1. The third-order valence-electron chi connectivity index (χ3n) is 9.04. The number of anilines is 1. The molecule has 6 bridgehead atoms. The highest BCUT2D eigenvalue weighted by molar-refractivity contribution is 6.33. The molecule has 2 fully saturated rings. The fourth-order valence-corrected chi connectivity index (χ4v) is 6.96. The molecule has 0 spiro atoms. The highest BCUT2D eigenvalue weighted by Gasteiger charge is 2.43. The molecular formula is C31H31ClFN7O5. The minimum Gasteiger partial charge on any atom is -0.461 e. The maximum atomic E-state index is 16.9. The largest absolute Gasteiger partial charge is 0.508 e. The summed E-state index contributed by atoms with van der Waals surface area (Å²) in [6.45, 7) is 3.24. The molecule has 1 aromatic carbocycles. The van der Waals surface area contributed by atoms with Crippen LogP contribution in [0.3, 0.4) is 0 Å². The van der Waals surface area contributed by atoms with Crippen molar-refractivity contribution in [3.63, 3.8) is 0 Å². The van der Waals surface area contributed by atoms with E-state index in [2.05, 4.69) is 38.2 Å². The Morgan fingerprint density at radius 1 is 1.24 bits per heavy atom. The van der Waals surface area contributed by atoms with Gasteiger partial charge in [-0.05, 0) is 44.9 Å². The van der Waals surface area contributed by atoms with Crippen LogP contribution >= 0.6 is 11.6 Å². The lowest BCUT2D eigenvalue weighted by Crippen LogP contribution is -2.46. The van der Waals surface area contributed by atoms with E-state index < -0.39 is 17.6 Å². The molecule has 234 valence electrons. The lowest BCUT2D eigenvalue weighted by molar-refractivity contribution is -0.0575. The Kier molecular flexibility index (Phi) is 6.80. The van der Waals surface area contributed by atoms with Crippen molar-refractivity contribution in [2.75, 3.05) is 51.5 Å². The highest BCUT2D eigenvalue weighted by atomic mass is 35.5. The number of benzene rings is 1. The summed E-state index contributed by atoms with van der Waals surface area (Å²) < 4.78 is 40.2. The summed E-state index contributed by atoms with van der Waals surface area (Å²) in [5, 5.41) is 8.55. The van der Waals surface area contributed by atoms with Crippen molar-refractivity contribution in [3.8, 4) is 17.3 Å². The number of aromatic amines is 1. The SMILES string of the molecule is CN1[C@H](COc2nc3c4cnc(c(F)c4n2)-c2c(c(Cl)cc4[nH]ncc24)CCCOC(=O)O[C@]2(C)COCCN3C2)C=C2C[C@@H]21. The van der Waals surface area contributed by atoms with Crippen molar-refractivity contribution in [1.29, 1.82) is 0 Å². The third kappa shape index (κ3) is 5.02. The van der Waals surface area contributed by atoms with Gasteiger partial charge in [0.1, 0.15) is 23.6 Å². The predicted molar refractivity (Wildman–Crippen MR) is 163 cm³/mol. The first-order valence-electron chi connectivity index (χ1n) is 15.0. The Morgan fingerprint density at radius 3 is 2.98 bits per heavy atom. The van der Waals surface area contributed by atoms with Crippen LogP contribution in [0.2, 0.25) is 5.02 Å². The zero-order valence-corrected chi connectivity index (χ0v) is 25.6. The van der Waals surface area contributed by atoms with Crippen LogP contribution < -0.4 is 9.64 Å². The van der Waals surface area contributed by atoms with Crippen LogP contribution in [-0.2, 0) is 20.6 Å². The molecule has 9 rings (SSSR count). The van der Waals surface area contributed by atoms with Gasteiger partial charge in [-0.25, -0.2) is 9.18 Å². The summed E-state index contributed by atoms with van der Waals surface area (Å²) in [7, 11) is 2.07. The Morgan fingerprint density at radius 2 is 2.13 bits per heavy atom. The van der Waals surface area contributed by atoms with Gasteiger partial charge in [0.25, 0.3) is 0 Å². The minimum absolute atomic E-state index is 0.0361. The van der Waals surface area contributed by atoms with Gasteiger partial charge < -0.3 is 23.8 Å². The van der Waals surface area contributed by atoms with E-state index in [0.29, 0.717) is 76.9 Å². The monoisotopic (exact) mass is 635 g/mol. The van der Waals surface area contributed by atoms with Crippen LogP contribution in [0.15, 0.2) is 30.1 Å². The zero-order valence-electron chi connectivity index (χ0n) is 24.8. The molecule has 1 saturated heterocycles. The van der Waals surface area contributed by atoms with Gasteiger partial charge in [-0.2, -0.15) is 15.1 Å². The first-order valence-corrected chi connectivity index (χ1v) is 15.4. The van der Waals surface area contributed by atoms with Crippen LogP contribution in [0, 0.1) is 5.82 Å². The van der Waals surface area contributed by atoms with Crippen molar-refractivity contribution in [2.45, 2.75) is 43.9 Å². The number of fused-ring (bicyclic) bond motifs is 8. The number of carbonyl (C=O) groups excluding carboxylic acids is 1. The van der Waals surface area contributed by atoms with Crippen molar-refractivity contribution in [3.05, 3.63) is 46.5 Å². The Hall–Kier alpha value is -4.07. The number of halogens is 2. The van der Waals surface area contributed by atoms with Crippen LogP contribution in [0.4, 0.5) is 15.0 Å². The van der Waals surface area contributed by atoms with Gasteiger partial charge in [-0.15, -0.1) is 0 Å². The normalized spacial score (nSPS) is 25.1. The molecule has 0 unspecified atom stereocenters. The van der Waals surface area contributed by atoms with Gasteiger partial charge in [0.15, 0.2) is 11.4 Å². The average Bonchev–Trinajstić information content (AvgIpc) is 3.58. The smallest absolute Gasteiger partial charge is 0.461 e. The number of likely N-dealkylation sites (N-methyl/N-ethyl adjacent to an activating group) is 1. The molecule has 0 amide bonds. The van der Waals surface area contributed by atoms with Gasteiger partial charge >= 0.3 is 12.2 Å². The van der Waals surface area contributed by atoms with Crippen LogP contribution in [0.25, 0.3) is 33.1 Å². The molecule has 0 radical (unpaired) electrons. The van der Waals surface area contributed by atoms with Crippen molar-refractivity contribution < 1.29 is 28.1 Å². The van der Waals surface area contributed by atoms with Gasteiger partial charge in [0, 0.05) is 34.8 Å². The summed E-state index contributed by atoms with van der Waals surface area (Å²) in [5.41, 5.74) is 2.26. The maximum absolute atomic E-state index is 16.9. The molecule has 1 saturated carbocycles. The summed E-state index contributed by atoms with van der Waals surface area (Å²) in [5.74, 6) is -0.230. The number of aromatic nitrogens is 5. The first kappa shape index (κ1) is 28.4. The molecule has 1 N–H and O–H groups in total. The number of nitrogens with zero attached hydrogens (tertiary/aromatic N) is 6. The third-order valence-corrected chi connectivity index (χ3v) is 9.38. The summed E-state index contributed by atoms with van der Waals surface area (Å²) in [6, 6.07) is 2.33. The second kappa shape index (κ2) is 10.8. The molecule has 4 aliphatic heterocycles. The van der Waals surface area contributed by atoms with Crippen LogP contribution in [-0.4, -0.2) is 100 Å². The van der Waals surface area contributed by atoms with E-state index in [0.717, 1.165) is 6.42 Å². The first-order chi connectivity index (χ1) is 21.8. The Labute approximate surface area is 262 Å². The van der Waals surface area contributed by atoms with E-state index >= 15 is 4.39 Å². The topological polar surface area (TPSA) is 128 Å². The van der Waals surface area contributed by atoms with E-state index in [1.165, 1.54) is 5.57 Å². The van der Waals surface area contributed by atoms with Crippen molar-refractivity contribution >= 4 is 45.4 Å². The standard InChI is InChI=1S/C31H31ClFN7O5/c1-31-14-40(5-7-42-15-31)28-20-11-34-27(25(33)26(20)36-29(37-28)44-13-17-8-16-9-23(16)39(17)2)24-18(4-3-6-43-30(41)45-31)21(32)10-22-19(24)12-35-38-22/h8,10-12,17,23H,3-7,9,13-15H2,1-2H3,(H,35,38)/t17-,23-,31-/m0/s1. The van der Waals surface area contributed by atoms with Gasteiger partial charge in [0.2, 0.25) is 0 Å². The molecule has 5 aliphatic rings. The van der Waals surface area contributed by atoms with Gasteiger partial charge in [0.05, 0.1) is 49.5 Å². The average molecular weight is 636 g/mol. The lowest BCUT2D eigenvalue weighted by Gasteiger charge is -2.32. The second-order valence-electron chi connectivity index (χ2n) is 12.3. The van der Waals surface area contributed by atoms with Crippen LogP contribution in [0.5, 0.6) is 6.01 Å². The molecule has 7 heterocycles. The molecule has 1 aliphatic carbocycles. The Balaban J connectivity index is 1.31. The number of hydrogen-bond acceptors (Lipinski definition) is 11. The van der Waals surface area contributed by atoms with Crippen molar-refractivity contribution in [2.24, 2.45) is 0 Å². The summed E-state index contributed by atoms with van der Waals surface area (Å²) in [4.78, 5) is 31.0. The summed E-state index contributed by atoms with van der Waals surface area (Å²) in [6.07, 6.45) is 6.50. The number of ether oxygens (including phenoxy) is 4. The number of hydrogen-bond donors (Lipinski definition) is 1. The lowest BCUT2D eigenvalue weighted by atomic mass is 9.95. The maximum Gasteiger partial charge on any atom is 0.508 e. The number of H-pyrrole nitrogens is 1. The van der Waals surface area contributed by atoms with E-state index in [1.54, 1.807) is 25.4 Å². The molecule has 45 heavy (non-hydrogen) atoms. The van der Waals surface area contributed by atoms with E-state index in [1.807, 2.05) is 4.90 Å². The summed E-state index contributed by atoms with van der Waals surface area (Å²) >= 11 is 6.76. The zero-order chi connectivity index (χ0) is 30.9. The minimum atomic E-state index is -1.07. The Bertz CT molecular complexity index is 1880. The number of carbonyl (C=O) groups is 1. The fraction of sp³-hybridized carbons (Fsp3) is 0.452. The van der Waals surface area contributed by atoms with Gasteiger partial charge in [-0.3, -0.25) is 15.0 Å². The predicted octanol–water partition coefficient (Wildman–Crippen LogP) is 4.45. The van der Waals surface area contributed by atoms with E-state index in [9.17, 15) is 4.79 Å². The molecule has 3 aromatic heterocycles. The molecular weight excluding hydrogens is 605 g/mol. The molecule has 4 aromatic rings. The van der Waals surface area contributed by atoms with Gasteiger partial charge in [-0.1, -0.05) is 23.3 Å². The highest BCUT2D eigenvalue weighted by Crippen LogP contribution is 2.42. The van der Waals surface area contributed by atoms with E-state index in [-0.39, 0.29) is 43.0 Å². The van der Waals surface area contributed by atoms with Crippen molar-refractivity contribution in [1.82, 2.24) is 30.0 Å². The molecule has 12 nitrogen and oxygen atoms in total. The van der Waals surface area contributed by atoms with Crippen LogP contribution in [0.1, 0.15) is 25.3 Å². The molecule has 3 atom stereocenters. The molecule has 14 heteroatoms.